The Morgan fingerprint density at radius 3 is 2.62 bits per heavy atom. The van der Waals surface area contributed by atoms with Crippen molar-refractivity contribution in [2.45, 2.75) is 41.4 Å². The first-order chi connectivity index (χ1) is 11.2. The molecule has 1 amide bonds. The lowest BCUT2D eigenvalue weighted by Gasteiger charge is -2.41. The zero-order valence-electron chi connectivity index (χ0n) is 13.0. The Balaban J connectivity index is 1.66. The van der Waals surface area contributed by atoms with Crippen molar-refractivity contribution in [1.82, 2.24) is 4.90 Å². The number of nitro groups is 1. The monoisotopic (exact) mass is 414 g/mol. The molecule has 7 nitrogen and oxygen atoms in total. The smallest absolute Gasteiger partial charge is 0.330 e. The van der Waals surface area contributed by atoms with Crippen LogP contribution in [0.1, 0.15) is 19.4 Å². The fourth-order valence-corrected chi connectivity index (χ4v) is 5.25. The van der Waals surface area contributed by atoms with Gasteiger partial charge in [0.25, 0.3) is 5.69 Å². The van der Waals surface area contributed by atoms with Gasteiger partial charge in [0.15, 0.2) is 0 Å². The van der Waals surface area contributed by atoms with Crippen molar-refractivity contribution in [3.05, 3.63) is 39.9 Å². The molecule has 0 radical (unpaired) electrons. The molecule has 0 aliphatic carbocycles. The summed E-state index contributed by atoms with van der Waals surface area (Å²) in [6.45, 7) is 3.85. The van der Waals surface area contributed by atoms with Gasteiger partial charge in [-0.1, -0.05) is 15.9 Å². The maximum Gasteiger partial charge on any atom is 0.330 e. The van der Waals surface area contributed by atoms with Crippen LogP contribution in [0.3, 0.4) is 0 Å². The molecule has 2 aliphatic rings. The van der Waals surface area contributed by atoms with E-state index in [0.717, 1.165) is 0 Å². The van der Waals surface area contributed by atoms with Crippen molar-refractivity contribution in [1.29, 1.82) is 0 Å². The lowest BCUT2D eigenvalue weighted by molar-refractivity contribution is -0.384. The fourth-order valence-electron chi connectivity index (χ4n) is 2.89. The van der Waals surface area contributed by atoms with Gasteiger partial charge in [-0.25, -0.2) is 4.79 Å². The number of nitro benzene ring substituents is 1. The topological polar surface area (TPSA) is 89.8 Å². The number of β-lactam (4-membered cyclic amide) rings is 1. The third-order valence-corrected chi connectivity index (χ3v) is 6.94. The summed E-state index contributed by atoms with van der Waals surface area (Å²) in [5.41, 5.74) is 0.637. The molecule has 0 spiro atoms. The number of nitrogens with zero attached hydrogens (tertiary/aromatic N) is 2. The Labute approximate surface area is 151 Å². The molecule has 1 aromatic rings. The van der Waals surface area contributed by atoms with Crippen LogP contribution in [0.4, 0.5) is 5.69 Å². The number of amides is 1. The number of thioether (sulfide) groups is 1. The number of fused-ring (bicyclic) bond motifs is 1. The normalized spacial score (nSPS) is 27.4. The first-order valence-corrected chi connectivity index (χ1v) is 9.06. The lowest BCUT2D eigenvalue weighted by Crippen LogP contribution is -2.63. The number of non-ortho nitro benzene ring substituents is 1. The van der Waals surface area contributed by atoms with Crippen molar-refractivity contribution in [2.75, 3.05) is 0 Å². The van der Waals surface area contributed by atoms with Crippen LogP contribution < -0.4 is 0 Å². The Morgan fingerprint density at radius 2 is 2.04 bits per heavy atom. The van der Waals surface area contributed by atoms with Crippen molar-refractivity contribution in [2.24, 2.45) is 0 Å². The number of hydrogen-bond donors (Lipinski definition) is 0. The van der Waals surface area contributed by atoms with E-state index in [0.29, 0.717) is 5.56 Å². The Kier molecular flexibility index (Phi) is 4.33. The average molecular weight is 415 g/mol. The van der Waals surface area contributed by atoms with Gasteiger partial charge in [0.2, 0.25) is 5.91 Å². The van der Waals surface area contributed by atoms with E-state index in [-0.39, 0.29) is 28.4 Å². The molecule has 2 saturated heterocycles. The zero-order valence-corrected chi connectivity index (χ0v) is 15.4. The molecule has 3 atom stereocenters. The molecule has 0 bridgehead atoms. The van der Waals surface area contributed by atoms with Crippen LogP contribution in [-0.2, 0) is 20.9 Å². The molecule has 0 saturated carbocycles. The highest BCUT2D eigenvalue weighted by Gasteiger charge is 2.63. The molecule has 0 unspecified atom stereocenters. The third-order valence-electron chi connectivity index (χ3n) is 4.13. The summed E-state index contributed by atoms with van der Waals surface area (Å²) >= 11 is 4.91. The van der Waals surface area contributed by atoms with Crippen molar-refractivity contribution >= 4 is 45.3 Å². The fraction of sp³-hybridized carbons (Fsp3) is 0.467. The summed E-state index contributed by atoms with van der Waals surface area (Å²) < 4.78 is 4.92. The van der Waals surface area contributed by atoms with E-state index in [9.17, 15) is 19.7 Å². The largest absolute Gasteiger partial charge is 0.459 e. The lowest BCUT2D eigenvalue weighted by atomic mass is 9.98. The van der Waals surface area contributed by atoms with E-state index >= 15 is 0 Å². The highest BCUT2D eigenvalue weighted by Crippen LogP contribution is 2.52. The summed E-state index contributed by atoms with van der Waals surface area (Å²) in [5, 5.41) is 10.6. The average Bonchev–Trinajstić information content (AvgIpc) is 2.81. The Hall–Kier alpha value is -1.61. The standard InChI is InChI=1S/C15H15BrN2O5S/c1-15(2)11(17-12(19)10(16)13(17)24-15)14(20)23-7-8-3-5-9(6-4-8)18(21)22/h3-6,10-11,13H,7H2,1-2H3/t10-,11-,13+/m0/s1. The summed E-state index contributed by atoms with van der Waals surface area (Å²) in [5.74, 6) is -0.559. The minimum Gasteiger partial charge on any atom is -0.459 e. The Morgan fingerprint density at radius 1 is 1.42 bits per heavy atom. The zero-order chi connectivity index (χ0) is 17.6. The van der Waals surface area contributed by atoms with Gasteiger partial charge >= 0.3 is 5.97 Å². The van der Waals surface area contributed by atoms with Crippen molar-refractivity contribution in [3.8, 4) is 0 Å². The minimum atomic E-state index is -0.633. The maximum absolute atomic E-state index is 12.5. The molecular formula is C15H15BrN2O5S. The van der Waals surface area contributed by atoms with Gasteiger partial charge in [0.1, 0.15) is 22.8 Å². The van der Waals surface area contributed by atoms with Gasteiger partial charge in [0, 0.05) is 16.9 Å². The molecule has 0 aromatic heterocycles. The number of esters is 1. The molecule has 0 N–H and O–H groups in total. The van der Waals surface area contributed by atoms with Crippen LogP contribution in [0.25, 0.3) is 0 Å². The number of halogens is 1. The highest BCUT2D eigenvalue weighted by atomic mass is 79.9. The van der Waals surface area contributed by atoms with Crippen LogP contribution in [-0.4, -0.2) is 42.7 Å². The van der Waals surface area contributed by atoms with Crippen molar-refractivity contribution < 1.29 is 19.2 Å². The van der Waals surface area contributed by atoms with Crippen molar-refractivity contribution in [3.63, 3.8) is 0 Å². The van der Waals surface area contributed by atoms with Gasteiger partial charge in [-0.05, 0) is 31.5 Å². The van der Waals surface area contributed by atoms with Gasteiger partial charge in [-0.2, -0.15) is 0 Å². The van der Waals surface area contributed by atoms with Gasteiger partial charge in [0.05, 0.1) is 4.92 Å². The van der Waals surface area contributed by atoms with Gasteiger partial charge in [-0.15, -0.1) is 11.8 Å². The van der Waals surface area contributed by atoms with E-state index in [1.165, 1.54) is 12.1 Å². The number of rotatable bonds is 4. The summed E-state index contributed by atoms with van der Waals surface area (Å²) in [6.07, 6.45) is 0. The molecule has 2 fully saturated rings. The molecule has 2 aliphatic heterocycles. The van der Waals surface area contributed by atoms with Crippen LogP contribution in [0.5, 0.6) is 0 Å². The van der Waals surface area contributed by atoms with Crippen LogP contribution in [0, 0.1) is 10.1 Å². The minimum absolute atomic E-state index is 0.0124. The molecule has 2 heterocycles. The summed E-state index contributed by atoms with van der Waals surface area (Å²) in [6, 6.07) is 5.19. The predicted molar refractivity (Wildman–Crippen MR) is 91.7 cm³/mol. The van der Waals surface area contributed by atoms with E-state index in [4.69, 9.17) is 4.74 Å². The second-order valence-corrected chi connectivity index (χ2v) is 8.95. The van der Waals surface area contributed by atoms with Crippen LogP contribution in [0.15, 0.2) is 24.3 Å². The predicted octanol–water partition coefficient (Wildman–Crippen LogP) is 2.46. The van der Waals surface area contributed by atoms with Crippen LogP contribution in [0.2, 0.25) is 0 Å². The molecule has 3 rings (SSSR count). The highest BCUT2D eigenvalue weighted by molar-refractivity contribution is 9.10. The first-order valence-electron chi connectivity index (χ1n) is 7.26. The van der Waals surface area contributed by atoms with E-state index in [2.05, 4.69) is 15.9 Å². The molecule has 128 valence electrons. The quantitative estimate of drug-likeness (QED) is 0.247. The summed E-state index contributed by atoms with van der Waals surface area (Å²) in [7, 11) is 0. The SMILES string of the molecule is CC1(C)S[C@@H]2[C@@H](Br)C(=O)N2[C@H]1C(=O)OCc1ccc([N+](=O)[O-])cc1. The molecule has 1 aromatic carbocycles. The number of ether oxygens (including phenoxy) is 1. The number of hydrogen-bond acceptors (Lipinski definition) is 6. The first kappa shape index (κ1) is 17.2. The van der Waals surface area contributed by atoms with Gasteiger partial charge < -0.3 is 9.64 Å². The molecule has 24 heavy (non-hydrogen) atoms. The number of carbonyl (C=O) groups is 2. The molecule has 9 heteroatoms. The number of carbonyl (C=O) groups excluding carboxylic acids is 2. The van der Waals surface area contributed by atoms with E-state index in [1.54, 1.807) is 28.8 Å². The number of alkyl halides is 1. The Bertz CT molecular complexity index is 708. The van der Waals surface area contributed by atoms with Gasteiger partial charge in [-0.3, -0.25) is 14.9 Å². The number of benzene rings is 1. The third kappa shape index (κ3) is 2.79. The van der Waals surface area contributed by atoms with E-state index < -0.39 is 21.7 Å². The van der Waals surface area contributed by atoms with Crippen LogP contribution >= 0.6 is 27.7 Å². The maximum atomic E-state index is 12.5. The molecular weight excluding hydrogens is 400 g/mol. The summed E-state index contributed by atoms with van der Waals surface area (Å²) in [4.78, 5) is 36.0. The van der Waals surface area contributed by atoms with E-state index in [1.807, 2.05) is 13.8 Å². The second kappa shape index (κ2) is 6.03. The second-order valence-electron chi connectivity index (χ2n) is 6.19.